The van der Waals surface area contributed by atoms with Crippen molar-refractivity contribution >= 4 is 11.6 Å². The first-order valence-corrected chi connectivity index (χ1v) is 5.64. The Kier molecular flexibility index (Phi) is 2.93. The van der Waals surface area contributed by atoms with E-state index in [0.717, 1.165) is 5.56 Å². The SMILES string of the molecule is CNCC1(c2ccccc2Cl)CC(F)(F)C1. The van der Waals surface area contributed by atoms with Crippen LogP contribution < -0.4 is 5.32 Å². The number of hydrogen-bond donors (Lipinski definition) is 1. The summed E-state index contributed by atoms with van der Waals surface area (Å²) in [4.78, 5) is 0. The fourth-order valence-corrected chi connectivity index (χ4v) is 2.91. The zero-order valence-corrected chi connectivity index (χ0v) is 9.82. The zero-order valence-electron chi connectivity index (χ0n) is 9.06. The lowest BCUT2D eigenvalue weighted by Crippen LogP contribution is -2.54. The molecule has 0 unspecified atom stereocenters. The Balaban J connectivity index is 2.32. The maximum absolute atomic E-state index is 13.1. The van der Waals surface area contributed by atoms with Gasteiger partial charge in [-0.2, -0.15) is 0 Å². The van der Waals surface area contributed by atoms with Crippen LogP contribution in [-0.4, -0.2) is 19.5 Å². The highest BCUT2D eigenvalue weighted by Crippen LogP contribution is 2.54. The van der Waals surface area contributed by atoms with E-state index in [1.54, 1.807) is 13.1 Å². The lowest BCUT2D eigenvalue weighted by atomic mass is 9.62. The van der Waals surface area contributed by atoms with Gasteiger partial charge in [-0.15, -0.1) is 0 Å². The summed E-state index contributed by atoms with van der Waals surface area (Å²) in [5.41, 5.74) is 0.327. The molecule has 0 saturated heterocycles. The molecule has 0 amide bonds. The van der Waals surface area contributed by atoms with Gasteiger partial charge in [-0.25, -0.2) is 8.78 Å². The molecule has 1 aromatic rings. The van der Waals surface area contributed by atoms with Crippen LogP contribution in [0.1, 0.15) is 18.4 Å². The van der Waals surface area contributed by atoms with Gasteiger partial charge in [0.2, 0.25) is 5.92 Å². The normalized spacial score (nSPS) is 21.5. The first-order valence-electron chi connectivity index (χ1n) is 5.27. The van der Waals surface area contributed by atoms with Crippen molar-refractivity contribution in [2.24, 2.45) is 0 Å². The molecule has 16 heavy (non-hydrogen) atoms. The van der Waals surface area contributed by atoms with Gasteiger partial charge in [-0.05, 0) is 18.7 Å². The molecule has 88 valence electrons. The van der Waals surface area contributed by atoms with E-state index in [0.29, 0.717) is 11.6 Å². The molecule has 0 atom stereocenters. The lowest BCUT2D eigenvalue weighted by Gasteiger charge is -2.48. The van der Waals surface area contributed by atoms with Gasteiger partial charge in [-0.1, -0.05) is 29.8 Å². The summed E-state index contributed by atoms with van der Waals surface area (Å²) in [6, 6.07) is 7.25. The number of likely N-dealkylation sites (N-methyl/N-ethyl adjacent to an activating group) is 1. The number of rotatable bonds is 3. The molecule has 0 radical (unpaired) electrons. The van der Waals surface area contributed by atoms with Crippen LogP contribution in [0.2, 0.25) is 5.02 Å². The quantitative estimate of drug-likeness (QED) is 0.862. The van der Waals surface area contributed by atoms with Crippen LogP contribution in [0.5, 0.6) is 0 Å². The van der Waals surface area contributed by atoms with Gasteiger partial charge in [0.05, 0.1) is 0 Å². The van der Waals surface area contributed by atoms with Crippen molar-refractivity contribution in [2.45, 2.75) is 24.2 Å². The van der Waals surface area contributed by atoms with E-state index < -0.39 is 11.3 Å². The Hall–Kier alpha value is -0.670. The lowest BCUT2D eigenvalue weighted by molar-refractivity contribution is -0.125. The first kappa shape index (κ1) is 11.8. The highest BCUT2D eigenvalue weighted by Gasteiger charge is 2.57. The van der Waals surface area contributed by atoms with Crippen molar-refractivity contribution in [3.63, 3.8) is 0 Å². The first-order chi connectivity index (χ1) is 7.49. The summed E-state index contributed by atoms with van der Waals surface area (Å²) < 4.78 is 26.2. The van der Waals surface area contributed by atoms with E-state index >= 15 is 0 Å². The van der Waals surface area contributed by atoms with Crippen molar-refractivity contribution in [1.29, 1.82) is 0 Å². The van der Waals surface area contributed by atoms with Crippen molar-refractivity contribution < 1.29 is 8.78 Å². The van der Waals surface area contributed by atoms with Gasteiger partial charge in [0.15, 0.2) is 0 Å². The largest absolute Gasteiger partial charge is 0.319 e. The van der Waals surface area contributed by atoms with Gasteiger partial charge >= 0.3 is 0 Å². The topological polar surface area (TPSA) is 12.0 Å². The molecule has 1 aliphatic rings. The van der Waals surface area contributed by atoms with E-state index in [1.807, 2.05) is 18.2 Å². The molecule has 0 aliphatic heterocycles. The molecule has 0 aromatic heterocycles. The second-order valence-corrected chi connectivity index (χ2v) is 4.91. The van der Waals surface area contributed by atoms with Crippen LogP contribution in [0.3, 0.4) is 0 Å². The minimum absolute atomic E-state index is 0.120. The number of benzene rings is 1. The fraction of sp³-hybridized carbons (Fsp3) is 0.500. The van der Waals surface area contributed by atoms with Crippen LogP contribution in [-0.2, 0) is 5.41 Å². The molecule has 1 nitrogen and oxygen atoms in total. The summed E-state index contributed by atoms with van der Waals surface area (Å²) in [6.07, 6.45) is -0.241. The van der Waals surface area contributed by atoms with E-state index in [1.165, 1.54) is 0 Å². The van der Waals surface area contributed by atoms with Gasteiger partial charge in [0.25, 0.3) is 0 Å². The monoisotopic (exact) mass is 245 g/mol. The van der Waals surface area contributed by atoms with Gasteiger partial charge in [-0.3, -0.25) is 0 Å². The molecule has 1 aromatic carbocycles. The minimum Gasteiger partial charge on any atom is -0.319 e. The van der Waals surface area contributed by atoms with E-state index in [4.69, 9.17) is 11.6 Å². The molecule has 1 aliphatic carbocycles. The average molecular weight is 246 g/mol. The van der Waals surface area contributed by atoms with Crippen LogP contribution in [0.25, 0.3) is 0 Å². The Morgan fingerprint density at radius 1 is 1.31 bits per heavy atom. The predicted octanol–water partition coefficient (Wildman–Crippen LogP) is 3.23. The Morgan fingerprint density at radius 2 is 1.94 bits per heavy atom. The second kappa shape index (κ2) is 3.97. The number of alkyl halides is 2. The third kappa shape index (κ3) is 1.94. The Labute approximate surface area is 98.8 Å². The summed E-state index contributed by atoms with van der Waals surface area (Å²) in [5.74, 6) is -2.55. The molecule has 1 fully saturated rings. The molecule has 1 saturated carbocycles. The summed E-state index contributed by atoms with van der Waals surface area (Å²) in [6.45, 7) is 0.534. The van der Waals surface area contributed by atoms with E-state index in [2.05, 4.69) is 5.32 Å². The smallest absolute Gasteiger partial charge is 0.250 e. The van der Waals surface area contributed by atoms with Crippen molar-refractivity contribution in [3.8, 4) is 0 Å². The predicted molar refractivity (Wildman–Crippen MR) is 61.2 cm³/mol. The van der Waals surface area contributed by atoms with Gasteiger partial charge < -0.3 is 5.32 Å². The number of hydrogen-bond acceptors (Lipinski definition) is 1. The summed E-state index contributed by atoms with van der Waals surface area (Å²) >= 11 is 6.08. The van der Waals surface area contributed by atoms with Crippen LogP contribution in [0.15, 0.2) is 24.3 Å². The highest BCUT2D eigenvalue weighted by molar-refractivity contribution is 6.31. The maximum atomic E-state index is 13.1. The summed E-state index contributed by atoms with van der Waals surface area (Å²) in [7, 11) is 1.77. The molecule has 2 rings (SSSR count). The molecular weight excluding hydrogens is 232 g/mol. The number of halogens is 3. The zero-order chi connectivity index (χ0) is 11.8. The van der Waals surface area contributed by atoms with Crippen molar-refractivity contribution in [1.82, 2.24) is 5.32 Å². The summed E-state index contributed by atoms with van der Waals surface area (Å²) in [5, 5.41) is 3.56. The maximum Gasteiger partial charge on any atom is 0.250 e. The molecular formula is C12H14ClF2N. The van der Waals surface area contributed by atoms with Crippen LogP contribution in [0, 0.1) is 0 Å². The molecule has 0 heterocycles. The molecule has 1 N–H and O–H groups in total. The standard InChI is InChI=1S/C12H14ClF2N/c1-16-8-11(6-12(14,15)7-11)9-4-2-3-5-10(9)13/h2-5,16H,6-8H2,1H3. The van der Waals surface area contributed by atoms with Crippen LogP contribution in [0.4, 0.5) is 8.78 Å². The van der Waals surface area contributed by atoms with Crippen LogP contribution >= 0.6 is 11.6 Å². The van der Waals surface area contributed by atoms with E-state index in [-0.39, 0.29) is 12.8 Å². The number of nitrogens with one attached hydrogen (secondary N) is 1. The Morgan fingerprint density at radius 3 is 2.44 bits per heavy atom. The highest BCUT2D eigenvalue weighted by atomic mass is 35.5. The average Bonchev–Trinajstić information content (AvgIpc) is 2.15. The third-order valence-electron chi connectivity index (χ3n) is 3.15. The minimum atomic E-state index is -2.55. The molecule has 4 heteroatoms. The second-order valence-electron chi connectivity index (χ2n) is 4.50. The molecule has 0 spiro atoms. The van der Waals surface area contributed by atoms with E-state index in [9.17, 15) is 8.78 Å². The van der Waals surface area contributed by atoms with Crippen molar-refractivity contribution in [3.05, 3.63) is 34.9 Å². The third-order valence-corrected chi connectivity index (χ3v) is 3.48. The van der Waals surface area contributed by atoms with Gasteiger partial charge in [0, 0.05) is 29.8 Å². The van der Waals surface area contributed by atoms with Crippen molar-refractivity contribution in [2.75, 3.05) is 13.6 Å². The Bertz CT molecular complexity index is 384. The molecule has 0 bridgehead atoms. The van der Waals surface area contributed by atoms with Gasteiger partial charge in [0.1, 0.15) is 0 Å². The fourth-order valence-electron chi connectivity index (χ4n) is 2.58.